The zero-order chi connectivity index (χ0) is 36.9. The van der Waals surface area contributed by atoms with Gasteiger partial charge in [0.1, 0.15) is 11.4 Å². The normalized spacial score (nSPS) is 16.0. The average molecular weight is 748 g/mol. The van der Waals surface area contributed by atoms with Crippen molar-refractivity contribution in [2.45, 2.75) is 52.5 Å². The monoisotopic (exact) mass is 747 g/mol. The van der Waals surface area contributed by atoms with E-state index in [0.717, 1.165) is 92.3 Å². The van der Waals surface area contributed by atoms with E-state index in [1.54, 1.807) is 9.36 Å². The number of aromatic nitrogens is 6. The van der Waals surface area contributed by atoms with Crippen molar-refractivity contribution in [1.82, 2.24) is 44.9 Å². The van der Waals surface area contributed by atoms with Crippen LogP contribution in [0, 0.1) is 0 Å². The smallest absolute Gasteiger partial charge is 0.376 e. The van der Waals surface area contributed by atoms with Crippen LogP contribution in [0.3, 0.4) is 0 Å². The van der Waals surface area contributed by atoms with Gasteiger partial charge in [-0.05, 0) is 110 Å². The third-order valence-corrected chi connectivity index (χ3v) is 10.3. The Labute approximate surface area is 323 Å². The Morgan fingerprint density at radius 2 is 1.15 bits per heavy atom. The van der Waals surface area contributed by atoms with E-state index in [-0.39, 0.29) is 19.5 Å². The van der Waals surface area contributed by atoms with Crippen LogP contribution >= 0.6 is 12.4 Å². The molecule has 280 valence electrons. The second kappa shape index (κ2) is 17.8. The van der Waals surface area contributed by atoms with Gasteiger partial charge in [0.25, 0.3) is 0 Å². The first-order valence-corrected chi connectivity index (χ1v) is 18.4. The van der Waals surface area contributed by atoms with Crippen molar-refractivity contribution in [1.29, 1.82) is 0 Å². The highest BCUT2D eigenvalue weighted by Gasteiger charge is 2.24. The SMILES string of the molecule is CB(O)N1CCc2ccc(-c3cn(C)nn3)cc2C1.CB(O)N1CCc2ccc(C3=CCN=N3)cc2C1.Cl.Cn1cc(-c2ccc3c(c2)CNCC3)nn1. The second-order valence-corrected chi connectivity index (χ2v) is 14.2. The zero-order valence-corrected chi connectivity index (χ0v) is 32.2. The molecule has 4 aliphatic rings. The summed E-state index contributed by atoms with van der Waals surface area (Å²) in [5.74, 6) is 0. The van der Waals surface area contributed by atoms with E-state index in [0.29, 0.717) is 6.54 Å². The maximum Gasteiger partial charge on any atom is 0.376 e. The van der Waals surface area contributed by atoms with Gasteiger partial charge in [0.2, 0.25) is 0 Å². The Balaban J connectivity index is 0.000000137. The van der Waals surface area contributed by atoms with E-state index < -0.39 is 7.05 Å². The molecule has 0 aliphatic carbocycles. The van der Waals surface area contributed by atoms with Gasteiger partial charge in [0.15, 0.2) is 0 Å². The molecule has 4 aliphatic heterocycles. The predicted octanol–water partition coefficient (Wildman–Crippen LogP) is 4.46. The molecule has 0 atom stereocenters. The molecule has 2 aromatic heterocycles. The molecule has 0 amide bonds. The number of hydrogen-bond donors (Lipinski definition) is 3. The predicted molar refractivity (Wildman–Crippen MR) is 216 cm³/mol. The number of nitrogens with one attached hydrogen (secondary N) is 1. The van der Waals surface area contributed by atoms with E-state index in [9.17, 15) is 10.0 Å². The van der Waals surface area contributed by atoms with Gasteiger partial charge in [0.05, 0.1) is 24.6 Å². The highest BCUT2D eigenvalue weighted by molar-refractivity contribution is 6.45. The molecule has 6 heterocycles. The minimum absolute atomic E-state index is 0. The minimum Gasteiger partial charge on any atom is -0.437 e. The summed E-state index contributed by atoms with van der Waals surface area (Å²) in [5, 5.41) is 47.0. The molecule has 0 saturated heterocycles. The highest BCUT2D eigenvalue weighted by Crippen LogP contribution is 2.28. The first kappa shape index (κ1) is 39.2. The van der Waals surface area contributed by atoms with Crippen molar-refractivity contribution in [2.24, 2.45) is 24.3 Å². The van der Waals surface area contributed by atoms with Crippen LogP contribution in [0.1, 0.15) is 38.9 Å². The van der Waals surface area contributed by atoms with Crippen LogP contribution in [0.4, 0.5) is 0 Å². The maximum atomic E-state index is 9.69. The fraction of sp³-hybridized carbons (Fsp3) is 0.368. The lowest BCUT2D eigenvalue weighted by Gasteiger charge is -2.29. The van der Waals surface area contributed by atoms with Gasteiger partial charge >= 0.3 is 14.1 Å². The lowest BCUT2D eigenvalue weighted by molar-refractivity contribution is 0.347. The Morgan fingerprint density at radius 3 is 1.63 bits per heavy atom. The molecule has 5 aromatic rings. The summed E-state index contributed by atoms with van der Waals surface area (Å²) in [6.07, 6.45) is 9.00. The van der Waals surface area contributed by atoms with Crippen molar-refractivity contribution < 1.29 is 10.0 Å². The molecule has 0 radical (unpaired) electrons. The second-order valence-electron chi connectivity index (χ2n) is 14.2. The fourth-order valence-electron chi connectivity index (χ4n) is 7.17. The largest absolute Gasteiger partial charge is 0.437 e. The molecule has 0 saturated carbocycles. The minimum atomic E-state index is -0.395. The number of hydrogen-bond acceptors (Lipinski definition) is 11. The van der Waals surface area contributed by atoms with Crippen molar-refractivity contribution in [3.8, 4) is 22.5 Å². The van der Waals surface area contributed by atoms with Gasteiger partial charge in [-0.25, -0.2) is 0 Å². The summed E-state index contributed by atoms with van der Waals surface area (Å²) < 4.78 is 3.43. The molecule has 16 heteroatoms. The number of azo groups is 1. The Morgan fingerprint density at radius 1 is 0.648 bits per heavy atom. The lowest BCUT2D eigenvalue weighted by Crippen LogP contribution is -2.40. The zero-order valence-electron chi connectivity index (χ0n) is 31.4. The Hall–Kier alpha value is -4.50. The molecule has 3 aromatic carbocycles. The van der Waals surface area contributed by atoms with Crippen molar-refractivity contribution in [3.05, 3.63) is 112 Å². The molecular formula is C38H48B2ClN11O2. The molecule has 0 fully saturated rings. The Kier molecular flexibility index (Phi) is 12.9. The van der Waals surface area contributed by atoms with Gasteiger partial charge in [0, 0.05) is 50.4 Å². The molecule has 0 spiro atoms. The third kappa shape index (κ3) is 9.41. The summed E-state index contributed by atoms with van der Waals surface area (Å²) in [6, 6.07) is 19.5. The van der Waals surface area contributed by atoms with Gasteiger partial charge < -0.3 is 25.0 Å². The molecule has 0 bridgehead atoms. The van der Waals surface area contributed by atoms with Crippen LogP contribution in [-0.4, -0.2) is 89.9 Å². The van der Waals surface area contributed by atoms with Gasteiger partial charge in [-0.1, -0.05) is 46.8 Å². The van der Waals surface area contributed by atoms with Crippen LogP contribution in [0.15, 0.2) is 83.3 Å². The van der Waals surface area contributed by atoms with Gasteiger partial charge in [-0.2, -0.15) is 10.2 Å². The van der Waals surface area contributed by atoms with Crippen LogP contribution in [0.5, 0.6) is 0 Å². The first-order valence-electron chi connectivity index (χ1n) is 18.4. The number of benzene rings is 3. The van der Waals surface area contributed by atoms with E-state index >= 15 is 0 Å². The average Bonchev–Trinajstić information content (AvgIpc) is 3.97. The maximum absolute atomic E-state index is 9.69. The summed E-state index contributed by atoms with van der Waals surface area (Å²) in [7, 11) is 2.97. The number of nitrogens with zero attached hydrogens (tertiary/aromatic N) is 10. The first-order chi connectivity index (χ1) is 25.7. The van der Waals surface area contributed by atoms with Crippen LogP contribution in [-0.2, 0) is 53.0 Å². The lowest BCUT2D eigenvalue weighted by atomic mass is 9.81. The highest BCUT2D eigenvalue weighted by atomic mass is 35.5. The summed E-state index contributed by atoms with van der Waals surface area (Å²) in [6.45, 7) is 9.81. The van der Waals surface area contributed by atoms with Crippen LogP contribution in [0.25, 0.3) is 28.2 Å². The molecule has 9 rings (SSSR count). The van der Waals surface area contributed by atoms with Crippen molar-refractivity contribution in [3.63, 3.8) is 0 Å². The van der Waals surface area contributed by atoms with Crippen molar-refractivity contribution in [2.75, 3.05) is 26.2 Å². The van der Waals surface area contributed by atoms with Gasteiger partial charge in [-0.15, -0.1) is 22.6 Å². The number of fused-ring (bicyclic) bond motifs is 3. The molecule has 3 N–H and O–H groups in total. The van der Waals surface area contributed by atoms with E-state index in [1.807, 2.05) is 46.2 Å². The van der Waals surface area contributed by atoms with Gasteiger partial charge in [-0.3, -0.25) is 9.36 Å². The molecule has 13 nitrogen and oxygen atoms in total. The third-order valence-electron chi connectivity index (χ3n) is 10.3. The fourth-order valence-corrected chi connectivity index (χ4v) is 7.17. The Bertz CT molecular complexity index is 2120. The quantitative estimate of drug-likeness (QED) is 0.222. The molecule has 0 unspecified atom stereocenters. The van der Waals surface area contributed by atoms with E-state index in [1.165, 1.54) is 33.4 Å². The number of aryl methyl sites for hydroxylation is 2. The topological polar surface area (TPSA) is 145 Å². The van der Waals surface area contributed by atoms with Crippen molar-refractivity contribution >= 4 is 32.2 Å². The molecular weight excluding hydrogens is 700 g/mol. The number of rotatable bonds is 5. The number of halogens is 1. The standard InChI is InChI=1S/C13H17BN4O.C13H16BN3O.C12H14N4.ClH/c1-14(19)18-6-5-10-3-4-11(7-12(10)8-18)13-9-17(2)16-15-13;1-14(18)17-7-5-10-2-3-11(8-12(10)9-17)13-4-6-15-16-13;1-16-8-12(14-15-16)10-3-2-9-4-5-13-7-11(9)6-10;/h3-4,7,9,19H,5-6,8H2,1-2H3;2-4,8,18H,5-7,9H2,1H3;2-3,6,8,13H,4-5,7H2,1H3;1H. The summed E-state index contributed by atoms with van der Waals surface area (Å²) in [4.78, 5) is 4.15. The summed E-state index contributed by atoms with van der Waals surface area (Å²) in [5.41, 5.74) is 14.3. The summed E-state index contributed by atoms with van der Waals surface area (Å²) >= 11 is 0. The van der Waals surface area contributed by atoms with Crippen LogP contribution < -0.4 is 5.32 Å². The van der Waals surface area contributed by atoms with E-state index in [2.05, 4.69) is 100 Å². The molecule has 54 heavy (non-hydrogen) atoms. The van der Waals surface area contributed by atoms with E-state index in [4.69, 9.17) is 0 Å². The van der Waals surface area contributed by atoms with Crippen LogP contribution in [0.2, 0.25) is 13.6 Å².